The predicted octanol–water partition coefficient (Wildman–Crippen LogP) is 2.59. The number of H-pyrrole nitrogens is 1. The van der Waals surface area contributed by atoms with Gasteiger partial charge in [0.2, 0.25) is 0 Å². The number of ether oxygens (including phenoxy) is 1. The fourth-order valence-electron chi connectivity index (χ4n) is 3.40. The highest BCUT2D eigenvalue weighted by Crippen LogP contribution is 2.29. The smallest absolute Gasteiger partial charge is 0.251 e. The molecule has 1 aromatic carbocycles. The third-order valence-electron chi connectivity index (χ3n) is 4.69. The highest BCUT2D eigenvalue weighted by Gasteiger charge is 2.20. The first-order valence-electron chi connectivity index (χ1n) is 8.22. The van der Waals surface area contributed by atoms with Crippen molar-refractivity contribution in [3.63, 3.8) is 0 Å². The summed E-state index contributed by atoms with van der Waals surface area (Å²) in [7, 11) is 1.65. The molecule has 0 amide bonds. The first-order chi connectivity index (χ1) is 11.8. The van der Waals surface area contributed by atoms with E-state index in [4.69, 9.17) is 4.74 Å². The van der Waals surface area contributed by atoms with Gasteiger partial charge in [-0.05, 0) is 43.6 Å². The average molecular weight is 361 g/mol. The van der Waals surface area contributed by atoms with Crippen LogP contribution in [-0.4, -0.2) is 34.8 Å². The molecule has 0 bridgehead atoms. The summed E-state index contributed by atoms with van der Waals surface area (Å²) in [4.78, 5) is 15.1. The molecule has 3 aromatic rings. The highest BCUT2D eigenvalue weighted by atomic mass is 35.5. The number of hydrogen-bond acceptors (Lipinski definition) is 4. The molecule has 1 aliphatic rings. The Morgan fingerprint density at radius 1 is 1.20 bits per heavy atom. The molecule has 0 spiro atoms. The van der Waals surface area contributed by atoms with Crippen LogP contribution in [0.2, 0.25) is 0 Å². The van der Waals surface area contributed by atoms with Crippen molar-refractivity contribution >= 4 is 18.1 Å². The van der Waals surface area contributed by atoms with Gasteiger partial charge in [-0.15, -0.1) is 12.4 Å². The van der Waals surface area contributed by atoms with Gasteiger partial charge in [-0.1, -0.05) is 12.1 Å². The molecule has 0 radical (unpaired) electrons. The van der Waals surface area contributed by atoms with Crippen molar-refractivity contribution in [3.05, 3.63) is 52.6 Å². The summed E-state index contributed by atoms with van der Waals surface area (Å²) in [6.45, 7) is 1.96. The molecule has 6 nitrogen and oxygen atoms in total. The first-order valence-corrected chi connectivity index (χ1v) is 8.22. The highest BCUT2D eigenvalue weighted by molar-refractivity contribution is 5.85. The molecule has 4 rings (SSSR count). The fraction of sp³-hybridized carbons (Fsp3) is 0.333. The molecule has 132 valence electrons. The van der Waals surface area contributed by atoms with E-state index in [1.54, 1.807) is 13.2 Å². The average Bonchev–Trinajstić information content (AvgIpc) is 3.05. The monoisotopic (exact) mass is 360 g/mol. The van der Waals surface area contributed by atoms with Crippen LogP contribution in [0.15, 0.2) is 41.3 Å². The molecule has 0 saturated carbocycles. The lowest BCUT2D eigenvalue weighted by Crippen LogP contribution is -2.28. The molecule has 0 atom stereocenters. The van der Waals surface area contributed by atoms with Crippen LogP contribution in [0.3, 0.4) is 0 Å². The number of nitrogens with zero attached hydrogens (tertiary/aromatic N) is 2. The largest absolute Gasteiger partial charge is 0.497 e. The molecule has 1 fully saturated rings. The van der Waals surface area contributed by atoms with Crippen LogP contribution in [0.5, 0.6) is 5.75 Å². The Morgan fingerprint density at radius 3 is 2.60 bits per heavy atom. The van der Waals surface area contributed by atoms with Crippen molar-refractivity contribution in [1.29, 1.82) is 0 Å². The number of fused-ring (bicyclic) bond motifs is 1. The minimum absolute atomic E-state index is 0. The maximum absolute atomic E-state index is 12.2. The maximum Gasteiger partial charge on any atom is 0.251 e. The Morgan fingerprint density at radius 2 is 1.92 bits per heavy atom. The topological polar surface area (TPSA) is 71.4 Å². The molecule has 2 aromatic heterocycles. The molecule has 0 aliphatic carbocycles. The number of nitrogens with one attached hydrogen (secondary N) is 2. The third-order valence-corrected chi connectivity index (χ3v) is 4.69. The standard InChI is InChI=1S/C18H20N4O2.ClH/c1-24-14-4-2-12(3-5-14)15-11-20-22-16(10-17(23)21-18(15)22)13-6-8-19-9-7-13;/h2-5,10-11,13,19H,6-9H2,1H3,(H,21,23);1H. The van der Waals surface area contributed by atoms with Gasteiger partial charge in [0.25, 0.3) is 5.56 Å². The van der Waals surface area contributed by atoms with Crippen LogP contribution in [-0.2, 0) is 0 Å². The number of aromatic nitrogens is 3. The number of benzene rings is 1. The zero-order valence-corrected chi connectivity index (χ0v) is 14.8. The lowest BCUT2D eigenvalue weighted by atomic mass is 9.94. The van der Waals surface area contributed by atoms with Gasteiger partial charge >= 0.3 is 0 Å². The van der Waals surface area contributed by atoms with Crippen molar-refractivity contribution < 1.29 is 4.74 Å². The first kappa shape index (κ1) is 17.5. The summed E-state index contributed by atoms with van der Waals surface area (Å²) >= 11 is 0. The minimum atomic E-state index is -0.0775. The maximum atomic E-state index is 12.2. The van der Waals surface area contributed by atoms with Gasteiger partial charge in [0.05, 0.1) is 19.0 Å². The number of halogens is 1. The van der Waals surface area contributed by atoms with Gasteiger partial charge in [0.1, 0.15) is 11.4 Å². The number of piperidine rings is 1. The van der Waals surface area contributed by atoms with E-state index in [1.165, 1.54) is 0 Å². The molecule has 1 saturated heterocycles. The lowest BCUT2D eigenvalue weighted by molar-refractivity contribution is 0.415. The lowest BCUT2D eigenvalue weighted by Gasteiger charge is -2.23. The normalized spacial score (nSPS) is 15.1. The summed E-state index contributed by atoms with van der Waals surface area (Å²) in [5.41, 5.74) is 3.59. The van der Waals surface area contributed by atoms with Crippen LogP contribution in [0.25, 0.3) is 16.8 Å². The molecule has 0 unspecified atom stereocenters. The Balaban J connectivity index is 0.00000182. The number of aromatic amines is 1. The zero-order valence-electron chi connectivity index (χ0n) is 14.0. The summed E-state index contributed by atoms with van der Waals surface area (Å²) in [6, 6.07) is 9.46. The molecule has 25 heavy (non-hydrogen) atoms. The van der Waals surface area contributed by atoms with E-state index < -0.39 is 0 Å². The van der Waals surface area contributed by atoms with Crippen molar-refractivity contribution in [1.82, 2.24) is 19.9 Å². The van der Waals surface area contributed by atoms with Gasteiger partial charge in [0.15, 0.2) is 0 Å². The summed E-state index contributed by atoms with van der Waals surface area (Å²) < 4.78 is 7.09. The van der Waals surface area contributed by atoms with Crippen LogP contribution < -0.4 is 15.6 Å². The molecule has 7 heteroatoms. The van der Waals surface area contributed by atoms with Gasteiger partial charge in [-0.3, -0.25) is 4.79 Å². The Labute approximate surface area is 151 Å². The Kier molecular flexibility index (Phi) is 5.11. The number of methoxy groups -OCH3 is 1. The van der Waals surface area contributed by atoms with Crippen LogP contribution in [0, 0.1) is 0 Å². The van der Waals surface area contributed by atoms with E-state index in [-0.39, 0.29) is 18.0 Å². The van der Waals surface area contributed by atoms with Crippen molar-refractivity contribution in [2.75, 3.05) is 20.2 Å². The second kappa shape index (κ2) is 7.29. The van der Waals surface area contributed by atoms with Crippen molar-refractivity contribution in [2.24, 2.45) is 0 Å². The van der Waals surface area contributed by atoms with Crippen molar-refractivity contribution in [3.8, 4) is 16.9 Å². The van der Waals surface area contributed by atoms with Gasteiger partial charge in [-0.2, -0.15) is 5.10 Å². The predicted molar refractivity (Wildman–Crippen MR) is 99.9 cm³/mol. The summed E-state index contributed by atoms with van der Waals surface area (Å²) in [5.74, 6) is 1.17. The van der Waals surface area contributed by atoms with Crippen molar-refractivity contribution in [2.45, 2.75) is 18.8 Å². The van der Waals surface area contributed by atoms with Gasteiger partial charge in [0, 0.05) is 17.5 Å². The number of hydrogen-bond donors (Lipinski definition) is 2. The van der Waals surface area contributed by atoms with E-state index in [0.29, 0.717) is 5.92 Å². The summed E-state index contributed by atoms with van der Waals surface area (Å²) in [6.07, 6.45) is 3.87. The molecule has 3 heterocycles. The number of rotatable bonds is 3. The van der Waals surface area contributed by atoms with Crippen LogP contribution in [0.1, 0.15) is 24.5 Å². The molecule has 2 N–H and O–H groups in total. The van der Waals surface area contributed by atoms with Crippen LogP contribution >= 0.6 is 12.4 Å². The third kappa shape index (κ3) is 3.27. The van der Waals surface area contributed by atoms with E-state index >= 15 is 0 Å². The van der Waals surface area contributed by atoms with Gasteiger partial charge in [-0.25, -0.2) is 4.52 Å². The Hall–Kier alpha value is -2.31. The zero-order chi connectivity index (χ0) is 16.5. The van der Waals surface area contributed by atoms with E-state index in [0.717, 1.165) is 54.1 Å². The SMILES string of the molecule is COc1ccc(-c2cnn3c(C4CCNCC4)cc(=O)[nH]c23)cc1.Cl. The second-order valence-corrected chi connectivity index (χ2v) is 6.13. The Bertz CT molecular complexity index is 911. The fourth-order valence-corrected chi connectivity index (χ4v) is 3.40. The van der Waals surface area contributed by atoms with Gasteiger partial charge < -0.3 is 15.0 Å². The second-order valence-electron chi connectivity index (χ2n) is 6.13. The molecular formula is C18H21ClN4O2. The molecular weight excluding hydrogens is 340 g/mol. The van der Waals surface area contributed by atoms with E-state index in [9.17, 15) is 4.79 Å². The minimum Gasteiger partial charge on any atom is -0.497 e. The van der Waals surface area contributed by atoms with Crippen LogP contribution in [0.4, 0.5) is 0 Å². The summed E-state index contributed by atoms with van der Waals surface area (Å²) in [5, 5.41) is 7.91. The quantitative estimate of drug-likeness (QED) is 0.753. The van der Waals surface area contributed by atoms with E-state index in [2.05, 4.69) is 15.4 Å². The molecule has 1 aliphatic heterocycles. The van der Waals surface area contributed by atoms with E-state index in [1.807, 2.05) is 35.0 Å².